The number of nitrogens with one attached hydrogen (secondary N) is 1. The lowest BCUT2D eigenvalue weighted by molar-refractivity contribution is -0.119. The van der Waals surface area contributed by atoms with Crippen molar-refractivity contribution in [2.24, 2.45) is 5.92 Å². The fraction of sp³-hybridized carbons (Fsp3) is 0.476. The molecule has 0 bridgehead atoms. The van der Waals surface area contributed by atoms with Gasteiger partial charge in [-0.1, -0.05) is 30.4 Å². The van der Waals surface area contributed by atoms with Crippen LogP contribution in [0.1, 0.15) is 43.8 Å². The van der Waals surface area contributed by atoms with E-state index >= 15 is 0 Å². The van der Waals surface area contributed by atoms with Crippen molar-refractivity contribution in [3.63, 3.8) is 0 Å². The summed E-state index contributed by atoms with van der Waals surface area (Å²) < 4.78 is 18.8. The van der Waals surface area contributed by atoms with E-state index in [9.17, 15) is 14.0 Å². The first-order chi connectivity index (χ1) is 13.6. The van der Waals surface area contributed by atoms with Crippen molar-refractivity contribution < 1.29 is 18.7 Å². The van der Waals surface area contributed by atoms with Crippen molar-refractivity contribution in [2.75, 3.05) is 11.9 Å². The van der Waals surface area contributed by atoms with Gasteiger partial charge in [0.15, 0.2) is 5.13 Å². The van der Waals surface area contributed by atoms with Gasteiger partial charge in [-0.25, -0.2) is 14.2 Å². The highest BCUT2D eigenvalue weighted by Crippen LogP contribution is 2.29. The summed E-state index contributed by atoms with van der Waals surface area (Å²) in [5.74, 6) is -0.794. The molecule has 1 N–H and O–H groups in total. The molecule has 6 nitrogen and oxygen atoms in total. The Morgan fingerprint density at radius 3 is 2.83 bits per heavy atom. The maximum Gasteiger partial charge on any atom is 0.410 e. The van der Waals surface area contributed by atoms with Gasteiger partial charge in [-0.15, -0.1) is 0 Å². The quantitative estimate of drug-likeness (QED) is 0.798. The zero-order valence-corrected chi connectivity index (χ0v) is 17.9. The van der Waals surface area contributed by atoms with Gasteiger partial charge in [-0.2, -0.15) is 0 Å². The van der Waals surface area contributed by atoms with E-state index in [1.807, 2.05) is 20.8 Å². The predicted molar refractivity (Wildman–Crippen MR) is 110 cm³/mol. The number of nitrogens with zero attached hydrogens (tertiary/aromatic N) is 2. The summed E-state index contributed by atoms with van der Waals surface area (Å²) in [6, 6.07) is 6.27. The standard InChI is InChI=1S/C21H26FN3O3S/c1-13(10-14-6-5-7-15(22)11-14)18(26)24-19-23-16-8-9-25(12-17(16)29-19)20(27)28-21(2,3)4/h5-7,11,13H,8-10,12H2,1-4H3,(H,23,24,26). The van der Waals surface area contributed by atoms with Gasteiger partial charge in [0.05, 0.1) is 12.2 Å². The number of carbonyl (C=O) groups is 2. The zero-order chi connectivity index (χ0) is 21.2. The fourth-order valence-corrected chi connectivity index (χ4v) is 4.10. The summed E-state index contributed by atoms with van der Waals surface area (Å²) in [4.78, 5) is 31.9. The van der Waals surface area contributed by atoms with Crippen molar-refractivity contribution in [3.8, 4) is 0 Å². The molecule has 1 aromatic carbocycles. The average Bonchev–Trinajstić information content (AvgIpc) is 3.01. The molecule has 2 aromatic rings. The number of thiazole rings is 1. The summed E-state index contributed by atoms with van der Waals surface area (Å²) in [6.07, 6.45) is 0.729. The Kier molecular flexibility index (Phi) is 6.21. The van der Waals surface area contributed by atoms with E-state index in [1.54, 1.807) is 24.0 Å². The number of amides is 2. The summed E-state index contributed by atoms with van der Waals surface area (Å²) in [5, 5.41) is 3.38. The maximum atomic E-state index is 13.3. The molecule has 1 unspecified atom stereocenters. The molecular formula is C21H26FN3O3S. The number of carbonyl (C=O) groups excluding carboxylic acids is 2. The summed E-state index contributed by atoms with van der Waals surface area (Å²) in [5.41, 5.74) is 1.14. The van der Waals surface area contributed by atoms with Crippen molar-refractivity contribution in [1.82, 2.24) is 9.88 Å². The Morgan fingerprint density at radius 1 is 1.38 bits per heavy atom. The number of fused-ring (bicyclic) bond motifs is 1. The van der Waals surface area contributed by atoms with Gasteiger partial charge in [0.2, 0.25) is 5.91 Å². The number of benzene rings is 1. The third kappa shape index (κ3) is 5.76. The first kappa shape index (κ1) is 21.2. The van der Waals surface area contributed by atoms with E-state index in [0.717, 1.165) is 16.1 Å². The average molecular weight is 420 g/mol. The van der Waals surface area contributed by atoms with Crippen LogP contribution in [-0.2, 0) is 28.9 Å². The van der Waals surface area contributed by atoms with E-state index in [4.69, 9.17) is 4.74 Å². The molecule has 0 radical (unpaired) electrons. The highest BCUT2D eigenvalue weighted by Gasteiger charge is 2.28. The Bertz CT molecular complexity index is 907. The highest BCUT2D eigenvalue weighted by molar-refractivity contribution is 7.15. The van der Waals surface area contributed by atoms with Gasteiger partial charge in [-0.3, -0.25) is 4.79 Å². The minimum absolute atomic E-state index is 0.163. The lowest BCUT2D eigenvalue weighted by Crippen LogP contribution is -2.39. The Morgan fingerprint density at radius 2 is 2.14 bits per heavy atom. The molecule has 2 amide bonds. The van der Waals surface area contributed by atoms with E-state index in [2.05, 4.69) is 10.3 Å². The lowest BCUT2D eigenvalue weighted by atomic mass is 10.0. The summed E-state index contributed by atoms with van der Waals surface area (Å²) in [6.45, 7) is 8.28. The molecule has 29 heavy (non-hydrogen) atoms. The van der Waals surface area contributed by atoms with Gasteiger partial charge in [-0.05, 0) is 44.9 Å². The molecule has 0 saturated heterocycles. The molecule has 1 aromatic heterocycles. The summed E-state index contributed by atoms with van der Waals surface area (Å²) in [7, 11) is 0. The molecule has 0 saturated carbocycles. The number of anilines is 1. The molecule has 0 aliphatic carbocycles. The molecule has 1 aliphatic rings. The zero-order valence-electron chi connectivity index (χ0n) is 17.1. The van der Waals surface area contributed by atoms with Gasteiger partial charge in [0.25, 0.3) is 0 Å². The van der Waals surface area contributed by atoms with Crippen LogP contribution >= 0.6 is 11.3 Å². The van der Waals surface area contributed by atoms with Crippen LogP contribution in [0.15, 0.2) is 24.3 Å². The highest BCUT2D eigenvalue weighted by atomic mass is 32.1. The third-order valence-corrected chi connectivity index (χ3v) is 5.49. The van der Waals surface area contributed by atoms with E-state index in [0.29, 0.717) is 31.1 Å². The van der Waals surface area contributed by atoms with Crippen molar-refractivity contribution >= 4 is 28.5 Å². The number of hydrogen-bond donors (Lipinski definition) is 1. The van der Waals surface area contributed by atoms with Gasteiger partial charge >= 0.3 is 6.09 Å². The minimum atomic E-state index is -0.540. The van der Waals surface area contributed by atoms with Gasteiger partial charge in [0, 0.05) is 23.8 Å². The summed E-state index contributed by atoms with van der Waals surface area (Å²) >= 11 is 1.38. The van der Waals surface area contributed by atoms with E-state index in [-0.39, 0.29) is 23.7 Å². The van der Waals surface area contributed by atoms with Crippen LogP contribution in [0, 0.1) is 11.7 Å². The largest absolute Gasteiger partial charge is 0.444 e. The second kappa shape index (κ2) is 8.49. The number of hydrogen-bond acceptors (Lipinski definition) is 5. The van der Waals surface area contributed by atoms with Crippen LogP contribution < -0.4 is 5.32 Å². The molecule has 8 heteroatoms. The van der Waals surface area contributed by atoms with E-state index < -0.39 is 5.60 Å². The molecule has 0 spiro atoms. The molecule has 156 valence electrons. The SMILES string of the molecule is CC(Cc1cccc(F)c1)C(=O)Nc1nc2c(s1)CN(C(=O)OC(C)(C)C)CC2. The van der Waals surface area contributed by atoms with Crippen LogP contribution in [0.25, 0.3) is 0 Å². The maximum absolute atomic E-state index is 13.3. The van der Waals surface area contributed by atoms with Crippen LogP contribution in [0.2, 0.25) is 0 Å². The molecule has 2 heterocycles. The van der Waals surface area contributed by atoms with Crippen LogP contribution in [-0.4, -0.2) is 34.0 Å². The van der Waals surface area contributed by atoms with Gasteiger partial charge < -0.3 is 15.0 Å². The normalized spacial score (nSPS) is 14.9. The fourth-order valence-electron chi connectivity index (χ4n) is 3.07. The minimum Gasteiger partial charge on any atom is -0.444 e. The molecule has 1 aliphatic heterocycles. The number of aromatic nitrogens is 1. The first-order valence-corrected chi connectivity index (χ1v) is 10.4. The molecule has 1 atom stereocenters. The lowest BCUT2D eigenvalue weighted by Gasteiger charge is -2.29. The van der Waals surface area contributed by atoms with E-state index in [1.165, 1.54) is 23.5 Å². The second-order valence-corrected chi connectivity index (χ2v) is 9.35. The van der Waals surface area contributed by atoms with Crippen LogP contribution in [0.4, 0.5) is 14.3 Å². The van der Waals surface area contributed by atoms with Gasteiger partial charge in [0.1, 0.15) is 11.4 Å². The topological polar surface area (TPSA) is 71.5 Å². The smallest absolute Gasteiger partial charge is 0.410 e. The Hall–Kier alpha value is -2.48. The Balaban J connectivity index is 1.60. The number of rotatable bonds is 4. The number of halogens is 1. The third-order valence-electron chi connectivity index (χ3n) is 4.49. The van der Waals surface area contributed by atoms with Crippen molar-refractivity contribution in [1.29, 1.82) is 0 Å². The molecule has 0 fully saturated rings. The van der Waals surface area contributed by atoms with Crippen molar-refractivity contribution in [3.05, 3.63) is 46.2 Å². The Labute approximate surface area is 174 Å². The monoisotopic (exact) mass is 419 g/mol. The van der Waals surface area contributed by atoms with Crippen LogP contribution in [0.5, 0.6) is 0 Å². The second-order valence-electron chi connectivity index (χ2n) is 8.27. The predicted octanol–water partition coefficient (Wildman–Crippen LogP) is 4.39. The first-order valence-electron chi connectivity index (χ1n) is 9.62. The molecular weight excluding hydrogens is 393 g/mol. The van der Waals surface area contributed by atoms with Crippen LogP contribution in [0.3, 0.4) is 0 Å². The van der Waals surface area contributed by atoms with Crippen molar-refractivity contribution in [2.45, 2.75) is 52.7 Å². The molecule has 3 rings (SSSR count). The number of ether oxygens (including phenoxy) is 1.